The number of hydrogen-bond donors (Lipinski definition) is 1. The zero-order valence-corrected chi connectivity index (χ0v) is 10.2. The molecule has 16 heavy (non-hydrogen) atoms. The summed E-state index contributed by atoms with van der Waals surface area (Å²) < 4.78 is 5.01. The third kappa shape index (κ3) is 3.47. The molecule has 0 amide bonds. The number of ether oxygens (including phenoxy) is 1. The fourth-order valence-corrected chi connectivity index (χ4v) is 1.61. The molecule has 1 atom stereocenters. The van der Waals surface area contributed by atoms with Crippen molar-refractivity contribution in [2.45, 2.75) is 19.4 Å². The standard InChI is InChI=1S/C12H20N2O2/c1-10(15)11-6-4-7-13-12(11)14(2)8-5-9-16-3/h4,6-7,10,15H,5,8-9H2,1-3H3/t10-/m1/s1. The molecule has 0 bridgehead atoms. The summed E-state index contributed by atoms with van der Waals surface area (Å²) in [7, 11) is 3.67. The van der Waals surface area contributed by atoms with Crippen LogP contribution in [0.25, 0.3) is 0 Å². The number of anilines is 1. The zero-order valence-electron chi connectivity index (χ0n) is 10.2. The first kappa shape index (κ1) is 12.9. The number of rotatable bonds is 6. The average Bonchev–Trinajstić information content (AvgIpc) is 2.29. The van der Waals surface area contributed by atoms with E-state index in [4.69, 9.17) is 4.74 Å². The van der Waals surface area contributed by atoms with Crippen molar-refractivity contribution in [1.82, 2.24) is 4.98 Å². The van der Waals surface area contributed by atoms with Crippen LogP contribution in [-0.4, -0.2) is 37.4 Å². The van der Waals surface area contributed by atoms with Gasteiger partial charge in [-0.3, -0.25) is 0 Å². The molecule has 0 saturated heterocycles. The highest BCUT2D eigenvalue weighted by Gasteiger charge is 2.11. The molecule has 4 nitrogen and oxygen atoms in total. The largest absolute Gasteiger partial charge is 0.389 e. The predicted molar refractivity (Wildman–Crippen MR) is 64.6 cm³/mol. The Bertz CT molecular complexity index is 316. The molecule has 1 heterocycles. The average molecular weight is 224 g/mol. The van der Waals surface area contributed by atoms with Crippen LogP contribution in [0.5, 0.6) is 0 Å². The second-order valence-corrected chi connectivity index (χ2v) is 3.86. The highest BCUT2D eigenvalue weighted by atomic mass is 16.5. The topological polar surface area (TPSA) is 45.6 Å². The molecule has 1 aromatic heterocycles. The van der Waals surface area contributed by atoms with Crippen molar-refractivity contribution in [3.05, 3.63) is 23.9 Å². The van der Waals surface area contributed by atoms with Gasteiger partial charge < -0.3 is 14.7 Å². The second kappa shape index (κ2) is 6.45. The SMILES string of the molecule is COCCCN(C)c1ncccc1[C@@H](C)O. The Balaban J connectivity index is 2.70. The van der Waals surface area contributed by atoms with Crippen molar-refractivity contribution < 1.29 is 9.84 Å². The maximum absolute atomic E-state index is 9.63. The predicted octanol–water partition coefficient (Wildman–Crippen LogP) is 1.61. The van der Waals surface area contributed by atoms with Crippen LogP contribution in [-0.2, 0) is 4.74 Å². The number of hydrogen-bond acceptors (Lipinski definition) is 4. The van der Waals surface area contributed by atoms with Gasteiger partial charge >= 0.3 is 0 Å². The lowest BCUT2D eigenvalue weighted by Crippen LogP contribution is -2.22. The molecule has 4 heteroatoms. The minimum atomic E-state index is -0.492. The van der Waals surface area contributed by atoms with E-state index in [1.807, 2.05) is 24.1 Å². The van der Waals surface area contributed by atoms with E-state index in [1.54, 1.807) is 20.2 Å². The summed E-state index contributed by atoms with van der Waals surface area (Å²) in [6, 6.07) is 3.74. The molecule has 0 aliphatic heterocycles. The quantitative estimate of drug-likeness (QED) is 0.746. The van der Waals surface area contributed by atoms with Crippen LogP contribution in [0.2, 0.25) is 0 Å². The molecule has 0 radical (unpaired) electrons. The minimum Gasteiger partial charge on any atom is -0.389 e. The number of methoxy groups -OCH3 is 1. The Morgan fingerprint density at radius 2 is 2.31 bits per heavy atom. The molecule has 90 valence electrons. The number of pyridine rings is 1. The molecular formula is C12H20N2O2. The van der Waals surface area contributed by atoms with E-state index in [2.05, 4.69) is 4.98 Å². The van der Waals surface area contributed by atoms with E-state index in [0.29, 0.717) is 0 Å². The molecule has 1 rings (SSSR count). The summed E-state index contributed by atoms with van der Waals surface area (Å²) in [5, 5.41) is 9.63. The lowest BCUT2D eigenvalue weighted by atomic mass is 10.1. The van der Waals surface area contributed by atoms with Crippen LogP contribution < -0.4 is 4.90 Å². The third-order valence-electron chi connectivity index (χ3n) is 2.47. The van der Waals surface area contributed by atoms with Crippen molar-refractivity contribution in [3.8, 4) is 0 Å². The first-order valence-electron chi connectivity index (χ1n) is 5.50. The van der Waals surface area contributed by atoms with Crippen LogP contribution in [0.3, 0.4) is 0 Å². The van der Waals surface area contributed by atoms with Gasteiger partial charge in [0.15, 0.2) is 0 Å². The van der Waals surface area contributed by atoms with E-state index < -0.39 is 6.10 Å². The Kier molecular flexibility index (Phi) is 5.22. The van der Waals surface area contributed by atoms with E-state index in [-0.39, 0.29) is 0 Å². The summed E-state index contributed by atoms with van der Waals surface area (Å²) in [5.74, 6) is 0.841. The summed E-state index contributed by atoms with van der Waals surface area (Å²) in [4.78, 5) is 6.35. The molecular weight excluding hydrogens is 204 g/mol. The van der Waals surface area contributed by atoms with Crippen LogP contribution in [0, 0.1) is 0 Å². The van der Waals surface area contributed by atoms with Crippen LogP contribution in [0.15, 0.2) is 18.3 Å². The van der Waals surface area contributed by atoms with Crippen molar-refractivity contribution in [1.29, 1.82) is 0 Å². The molecule has 0 aliphatic rings. The molecule has 0 saturated carbocycles. The van der Waals surface area contributed by atoms with Gasteiger partial charge in [-0.05, 0) is 19.4 Å². The van der Waals surface area contributed by atoms with Crippen LogP contribution in [0.4, 0.5) is 5.82 Å². The van der Waals surface area contributed by atoms with Crippen molar-refractivity contribution in [3.63, 3.8) is 0 Å². The first-order valence-corrected chi connectivity index (χ1v) is 5.50. The van der Waals surface area contributed by atoms with Gasteiger partial charge in [0.25, 0.3) is 0 Å². The fraction of sp³-hybridized carbons (Fsp3) is 0.583. The Morgan fingerprint density at radius 3 is 2.94 bits per heavy atom. The van der Waals surface area contributed by atoms with Gasteiger partial charge in [0.1, 0.15) is 5.82 Å². The molecule has 1 aromatic rings. The molecule has 0 aromatic carbocycles. The van der Waals surface area contributed by atoms with Gasteiger partial charge in [-0.2, -0.15) is 0 Å². The summed E-state index contributed by atoms with van der Waals surface area (Å²) in [5.41, 5.74) is 0.863. The number of aromatic nitrogens is 1. The monoisotopic (exact) mass is 224 g/mol. The van der Waals surface area contributed by atoms with Gasteiger partial charge in [-0.15, -0.1) is 0 Å². The maximum Gasteiger partial charge on any atom is 0.134 e. The first-order chi connectivity index (χ1) is 7.66. The highest BCUT2D eigenvalue weighted by Crippen LogP contribution is 2.22. The van der Waals surface area contributed by atoms with Gasteiger partial charge in [0.2, 0.25) is 0 Å². The molecule has 0 spiro atoms. The normalized spacial score (nSPS) is 12.5. The van der Waals surface area contributed by atoms with Gasteiger partial charge in [-0.25, -0.2) is 4.98 Å². The molecule has 0 unspecified atom stereocenters. The van der Waals surface area contributed by atoms with Gasteiger partial charge in [-0.1, -0.05) is 6.07 Å². The van der Waals surface area contributed by atoms with E-state index in [9.17, 15) is 5.11 Å². The third-order valence-corrected chi connectivity index (χ3v) is 2.47. The van der Waals surface area contributed by atoms with Crippen molar-refractivity contribution in [2.75, 3.05) is 32.2 Å². The Labute approximate surface area is 96.9 Å². The lowest BCUT2D eigenvalue weighted by molar-refractivity contribution is 0.195. The van der Waals surface area contributed by atoms with Crippen LogP contribution in [0.1, 0.15) is 25.0 Å². The summed E-state index contributed by atoms with van der Waals surface area (Å²) in [6.45, 7) is 3.36. The van der Waals surface area contributed by atoms with Crippen molar-refractivity contribution in [2.24, 2.45) is 0 Å². The summed E-state index contributed by atoms with van der Waals surface area (Å²) in [6.07, 6.45) is 2.20. The number of nitrogens with zero attached hydrogens (tertiary/aromatic N) is 2. The molecule has 0 aliphatic carbocycles. The van der Waals surface area contributed by atoms with E-state index in [0.717, 1.165) is 31.0 Å². The molecule has 1 N–H and O–H groups in total. The highest BCUT2D eigenvalue weighted by molar-refractivity contribution is 5.46. The molecule has 0 fully saturated rings. The minimum absolute atomic E-state index is 0.492. The summed E-state index contributed by atoms with van der Waals surface area (Å²) >= 11 is 0. The Morgan fingerprint density at radius 1 is 1.56 bits per heavy atom. The van der Waals surface area contributed by atoms with E-state index in [1.165, 1.54) is 0 Å². The number of aliphatic hydroxyl groups excluding tert-OH is 1. The Hall–Kier alpha value is -1.13. The smallest absolute Gasteiger partial charge is 0.134 e. The van der Waals surface area contributed by atoms with E-state index >= 15 is 0 Å². The van der Waals surface area contributed by atoms with Crippen LogP contribution >= 0.6 is 0 Å². The van der Waals surface area contributed by atoms with Gasteiger partial charge in [0.05, 0.1) is 6.10 Å². The van der Waals surface area contributed by atoms with Crippen molar-refractivity contribution >= 4 is 5.82 Å². The zero-order chi connectivity index (χ0) is 12.0. The maximum atomic E-state index is 9.63. The lowest BCUT2D eigenvalue weighted by Gasteiger charge is -2.21. The fourth-order valence-electron chi connectivity index (χ4n) is 1.61. The second-order valence-electron chi connectivity index (χ2n) is 3.86. The van der Waals surface area contributed by atoms with Gasteiger partial charge in [0, 0.05) is 39.1 Å². The number of aliphatic hydroxyl groups is 1.